The quantitative estimate of drug-likeness (QED) is 0.770. The van der Waals surface area contributed by atoms with Crippen molar-refractivity contribution in [2.24, 2.45) is 0 Å². The maximum Gasteiger partial charge on any atom is 0.302 e. The minimum atomic E-state index is -0.406. The van der Waals surface area contributed by atoms with E-state index in [0.29, 0.717) is 10.3 Å². The van der Waals surface area contributed by atoms with E-state index in [1.165, 1.54) is 6.20 Å². The summed E-state index contributed by atoms with van der Waals surface area (Å²) in [6, 6.07) is 0. The molecule has 1 aromatic heterocycles. The summed E-state index contributed by atoms with van der Waals surface area (Å²) < 4.78 is 0.687. The van der Waals surface area contributed by atoms with Gasteiger partial charge < -0.3 is 0 Å². The van der Waals surface area contributed by atoms with Gasteiger partial charge in [-0.15, -0.1) is 0 Å². The lowest BCUT2D eigenvalue weighted by Crippen LogP contribution is -2.08. The number of carbonyl (C=O) groups excluding carboxylic acids is 1. The molecule has 1 heterocycles. The molecular weight excluding hydrogens is 290 g/mol. The molecule has 0 atom stereocenters. The molecule has 1 aromatic rings. The van der Waals surface area contributed by atoms with E-state index in [2.05, 4.69) is 58.1 Å². The van der Waals surface area contributed by atoms with Crippen LogP contribution in [0.25, 0.3) is 0 Å². The van der Waals surface area contributed by atoms with Gasteiger partial charge in [0.2, 0.25) is 0 Å². The van der Waals surface area contributed by atoms with Gasteiger partial charge in [-0.3, -0.25) is 15.2 Å². The Morgan fingerprint density at radius 3 is 3.00 bits per heavy atom. The number of nitrogens with one attached hydrogen (secondary N) is 2. The molecule has 0 aliphatic rings. The van der Waals surface area contributed by atoms with Crippen LogP contribution in [0.5, 0.6) is 0 Å². The van der Waals surface area contributed by atoms with Crippen molar-refractivity contribution in [3.05, 3.63) is 10.7 Å². The van der Waals surface area contributed by atoms with E-state index in [1.54, 1.807) is 0 Å². The van der Waals surface area contributed by atoms with Crippen LogP contribution in [0.1, 0.15) is 0 Å². The van der Waals surface area contributed by atoms with Gasteiger partial charge in [-0.1, -0.05) is 0 Å². The van der Waals surface area contributed by atoms with Crippen LogP contribution in [0.2, 0.25) is 0 Å². The number of rotatable bonds is 1. The highest BCUT2D eigenvalue weighted by atomic mass is 79.9. The zero-order chi connectivity index (χ0) is 8.97. The van der Waals surface area contributed by atoms with Crippen molar-refractivity contribution in [1.29, 1.82) is 0 Å². The summed E-state index contributed by atoms with van der Waals surface area (Å²) in [6.07, 6.45) is 1.54. The lowest BCUT2D eigenvalue weighted by molar-refractivity contribution is -0.111. The van der Waals surface area contributed by atoms with Crippen LogP contribution < -0.4 is 5.32 Å². The van der Waals surface area contributed by atoms with E-state index >= 15 is 0 Å². The summed E-state index contributed by atoms with van der Waals surface area (Å²) in [4.78, 5) is 13.2. The number of hydrogen-bond acceptors (Lipinski definition) is 2. The molecule has 0 saturated heterocycles. The van der Waals surface area contributed by atoms with Crippen molar-refractivity contribution >= 4 is 43.6 Å². The predicted molar refractivity (Wildman–Crippen MR) is 51.6 cm³/mol. The Morgan fingerprint density at radius 1 is 1.75 bits per heavy atom. The van der Waals surface area contributed by atoms with Gasteiger partial charge in [0.1, 0.15) is 5.82 Å². The van der Waals surface area contributed by atoms with Crippen LogP contribution in [0, 0.1) is 10.8 Å². The summed E-state index contributed by atoms with van der Waals surface area (Å²) in [7, 11) is 0. The first-order valence-corrected chi connectivity index (χ1v) is 4.44. The van der Waals surface area contributed by atoms with E-state index in [-0.39, 0.29) is 0 Å². The maximum absolute atomic E-state index is 10.9. The van der Waals surface area contributed by atoms with E-state index in [9.17, 15) is 4.79 Å². The average Bonchev–Trinajstić information content (AvgIpc) is 2.37. The smallest absolute Gasteiger partial charge is 0.299 e. The second kappa shape index (κ2) is 4.28. The van der Waals surface area contributed by atoms with Crippen LogP contribution in [0.15, 0.2) is 10.7 Å². The summed E-state index contributed by atoms with van der Waals surface area (Å²) in [5, 5.41) is 8.75. The number of nitrogens with zero attached hydrogens (tertiary/aromatic N) is 1. The molecule has 2 N–H and O–H groups in total. The van der Waals surface area contributed by atoms with Crippen molar-refractivity contribution in [2.75, 3.05) is 5.32 Å². The normalized spacial score (nSPS) is 8.50. The standard InChI is InChI=1S/C6H3Br2N3O/c7-2-1-5(12)10-6-4(8)3-9-11-6/h3H,(H2,9,10,11,12). The van der Waals surface area contributed by atoms with Gasteiger partial charge in [-0.05, 0) is 20.8 Å². The Balaban J connectivity index is 2.68. The van der Waals surface area contributed by atoms with Crippen molar-refractivity contribution in [2.45, 2.75) is 0 Å². The van der Waals surface area contributed by atoms with Crippen LogP contribution in [-0.2, 0) is 4.79 Å². The number of amides is 1. The average molecular weight is 293 g/mol. The highest BCUT2D eigenvalue weighted by Crippen LogP contribution is 2.17. The predicted octanol–water partition coefficient (Wildman–Crippen LogP) is 1.47. The number of anilines is 1. The van der Waals surface area contributed by atoms with E-state index < -0.39 is 5.91 Å². The molecule has 0 spiro atoms. The Morgan fingerprint density at radius 2 is 2.50 bits per heavy atom. The number of hydrogen-bond donors (Lipinski definition) is 2. The third kappa shape index (κ3) is 2.36. The number of halogens is 2. The summed E-state index contributed by atoms with van der Waals surface area (Å²) in [5.74, 6) is 2.35. The third-order valence-corrected chi connectivity index (χ3v) is 1.79. The molecule has 0 fully saturated rings. The fraction of sp³-hybridized carbons (Fsp3) is 0. The fourth-order valence-electron chi connectivity index (χ4n) is 0.547. The zero-order valence-electron chi connectivity index (χ0n) is 5.69. The molecular formula is C6H3Br2N3O. The molecule has 1 amide bonds. The summed E-state index contributed by atoms with van der Waals surface area (Å²) in [5.41, 5.74) is 0. The van der Waals surface area contributed by atoms with E-state index in [0.717, 1.165) is 0 Å². The fourth-order valence-corrected chi connectivity index (χ4v) is 1.02. The molecule has 0 radical (unpaired) electrons. The first kappa shape index (κ1) is 9.29. The highest BCUT2D eigenvalue weighted by Gasteiger charge is 2.03. The second-order valence-electron chi connectivity index (χ2n) is 1.77. The summed E-state index contributed by atoms with van der Waals surface area (Å²) >= 11 is 5.99. The number of H-pyrrole nitrogens is 1. The van der Waals surface area contributed by atoms with Crippen molar-refractivity contribution in [3.8, 4) is 10.8 Å². The van der Waals surface area contributed by atoms with Gasteiger partial charge in [0.25, 0.3) is 0 Å². The number of carbonyl (C=O) groups is 1. The molecule has 62 valence electrons. The van der Waals surface area contributed by atoms with Gasteiger partial charge >= 0.3 is 5.91 Å². The molecule has 0 aromatic carbocycles. The highest BCUT2D eigenvalue weighted by molar-refractivity contribution is 9.12. The minimum absolute atomic E-state index is 0.406. The van der Waals surface area contributed by atoms with Gasteiger partial charge in [0, 0.05) is 21.9 Å². The molecule has 0 aliphatic carbocycles. The van der Waals surface area contributed by atoms with Crippen LogP contribution >= 0.6 is 31.9 Å². The second-order valence-corrected chi connectivity index (χ2v) is 3.02. The molecule has 0 unspecified atom stereocenters. The van der Waals surface area contributed by atoms with Gasteiger partial charge in [0.05, 0.1) is 10.7 Å². The monoisotopic (exact) mass is 291 g/mol. The largest absolute Gasteiger partial charge is 0.302 e. The first-order chi connectivity index (χ1) is 5.74. The Bertz CT molecular complexity index is 349. The van der Waals surface area contributed by atoms with Crippen LogP contribution in [-0.4, -0.2) is 16.1 Å². The molecule has 0 aliphatic heterocycles. The van der Waals surface area contributed by atoms with Crippen molar-refractivity contribution in [1.82, 2.24) is 10.2 Å². The minimum Gasteiger partial charge on any atom is -0.299 e. The van der Waals surface area contributed by atoms with Gasteiger partial charge in [-0.2, -0.15) is 5.10 Å². The molecule has 1 rings (SSSR count). The number of aromatic nitrogens is 2. The Labute approximate surface area is 85.4 Å². The lowest BCUT2D eigenvalue weighted by atomic mass is 10.5. The van der Waals surface area contributed by atoms with Crippen molar-refractivity contribution < 1.29 is 4.79 Å². The lowest BCUT2D eigenvalue weighted by Gasteiger charge is -1.94. The maximum atomic E-state index is 10.9. The molecule has 0 saturated carbocycles. The van der Waals surface area contributed by atoms with Gasteiger partial charge in [0.15, 0.2) is 0 Å². The van der Waals surface area contributed by atoms with E-state index in [4.69, 9.17) is 0 Å². The molecule has 6 heteroatoms. The van der Waals surface area contributed by atoms with E-state index in [1.807, 2.05) is 0 Å². The Hall–Kier alpha value is -0.800. The molecule has 12 heavy (non-hydrogen) atoms. The van der Waals surface area contributed by atoms with Gasteiger partial charge in [-0.25, -0.2) is 0 Å². The molecule has 0 bridgehead atoms. The van der Waals surface area contributed by atoms with Crippen LogP contribution in [0.4, 0.5) is 5.82 Å². The zero-order valence-corrected chi connectivity index (χ0v) is 8.86. The third-order valence-electron chi connectivity index (χ3n) is 0.992. The van der Waals surface area contributed by atoms with Crippen LogP contribution in [0.3, 0.4) is 0 Å². The first-order valence-electron chi connectivity index (χ1n) is 2.85. The topological polar surface area (TPSA) is 57.8 Å². The Kier molecular flexibility index (Phi) is 3.31. The molecule has 4 nitrogen and oxygen atoms in total. The number of aromatic amines is 1. The summed E-state index contributed by atoms with van der Waals surface area (Å²) in [6.45, 7) is 0. The van der Waals surface area contributed by atoms with Crippen molar-refractivity contribution in [3.63, 3.8) is 0 Å². The SMILES string of the molecule is O=C(C#CBr)Nc1[nH]ncc1Br.